The van der Waals surface area contributed by atoms with Gasteiger partial charge < -0.3 is 24.1 Å². The number of aliphatic hydroxyl groups is 1. The molecular formula is C19H42O6. The molecule has 0 amide bonds. The summed E-state index contributed by atoms with van der Waals surface area (Å²) in [4.78, 5) is 11.1. The smallest absolute Gasteiger partial charge is 0.189 e. The van der Waals surface area contributed by atoms with E-state index >= 15 is 0 Å². The van der Waals surface area contributed by atoms with Crippen LogP contribution in [0.15, 0.2) is 0 Å². The molecular weight excluding hydrogens is 324 g/mol. The summed E-state index contributed by atoms with van der Waals surface area (Å²) >= 11 is 0. The van der Waals surface area contributed by atoms with Gasteiger partial charge in [0.1, 0.15) is 18.3 Å². The molecule has 0 radical (unpaired) electrons. The maximum absolute atomic E-state index is 11.1. The van der Waals surface area contributed by atoms with E-state index in [1.807, 2.05) is 41.5 Å². The Hall–Kier alpha value is -0.530. The lowest BCUT2D eigenvalue weighted by Gasteiger charge is -2.25. The summed E-state index contributed by atoms with van der Waals surface area (Å²) in [7, 11) is 3.17. The zero-order valence-electron chi connectivity index (χ0n) is 17.8. The fraction of sp³-hybridized carbons (Fsp3) is 0.947. The number of rotatable bonds is 2. The molecule has 154 valence electrons. The van der Waals surface area contributed by atoms with Gasteiger partial charge in [0.2, 0.25) is 0 Å². The number of aliphatic hydroxyl groups excluding tert-OH is 1. The predicted octanol–water partition coefficient (Wildman–Crippen LogP) is 3.24. The van der Waals surface area contributed by atoms with E-state index in [1.54, 1.807) is 21.1 Å². The zero-order valence-corrected chi connectivity index (χ0v) is 17.8. The average Bonchev–Trinajstić information content (AvgIpc) is 2.69. The first-order chi connectivity index (χ1) is 12.1. The van der Waals surface area contributed by atoms with Crippen molar-refractivity contribution in [2.24, 2.45) is 0 Å². The van der Waals surface area contributed by atoms with Gasteiger partial charge in [-0.25, -0.2) is 0 Å². The first kappa shape index (κ1) is 29.2. The number of hydrogen-bond acceptors (Lipinski definition) is 6. The molecule has 2 heterocycles. The second-order valence-corrected chi connectivity index (χ2v) is 4.63. The Labute approximate surface area is 155 Å². The molecule has 2 fully saturated rings. The SMILES string of the molecule is CC.CC.CC.COC1CCOC(C)C1=O.COC1CCOC[C@@H]1O. The van der Waals surface area contributed by atoms with Crippen LogP contribution in [0.4, 0.5) is 0 Å². The Morgan fingerprint density at radius 3 is 1.88 bits per heavy atom. The molecule has 25 heavy (non-hydrogen) atoms. The van der Waals surface area contributed by atoms with Crippen molar-refractivity contribution in [3.63, 3.8) is 0 Å². The summed E-state index contributed by atoms with van der Waals surface area (Å²) in [5, 5.41) is 9.12. The molecule has 0 aliphatic carbocycles. The highest BCUT2D eigenvalue weighted by Crippen LogP contribution is 2.11. The summed E-state index contributed by atoms with van der Waals surface area (Å²) < 4.78 is 20.0. The van der Waals surface area contributed by atoms with E-state index in [0.29, 0.717) is 26.2 Å². The van der Waals surface area contributed by atoms with Gasteiger partial charge in [0, 0.05) is 27.2 Å². The van der Waals surface area contributed by atoms with Crippen LogP contribution in [0.3, 0.4) is 0 Å². The Bertz CT molecular complexity index is 273. The molecule has 3 unspecified atom stereocenters. The molecule has 2 rings (SSSR count). The molecule has 0 aromatic rings. The summed E-state index contributed by atoms with van der Waals surface area (Å²) in [6.07, 6.45) is 0.544. The van der Waals surface area contributed by atoms with Gasteiger partial charge in [0.15, 0.2) is 5.78 Å². The lowest BCUT2D eigenvalue weighted by atomic mass is 10.1. The highest BCUT2D eigenvalue weighted by Gasteiger charge is 2.28. The summed E-state index contributed by atoms with van der Waals surface area (Å²) in [6, 6.07) is 0. The summed E-state index contributed by atoms with van der Waals surface area (Å²) in [6.45, 7) is 15.5. The van der Waals surface area contributed by atoms with Crippen molar-refractivity contribution in [1.29, 1.82) is 0 Å². The molecule has 6 heteroatoms. The van der Waals surface area contributed by atoms with Crippen molar-refractivity contribution >= 4 is 5.78 Å². The number of Topliss-reactive ketones (excluding diaryl/α,β-unsaturated/α-hetero) is 1. The first-order valence-corrected chi connectivity index (χ1v) is 9.56. The van der Waals surface area contributed by atoms with Crippen LogP contribution in [-0.4, -0.2) is 69.3 Å². The number of hydrogen-bond donors (Lipinski definition) is 1. The molecule has 2 aliphatic rings. The highest BCUT2D eigenvalue weighted by molar-refractivity contribution is 5.87. The topological polar surface area (TPSA) is 74.2 Å². The lowest BCUT2D eigenvalue weighted by molar-refractivity contribution is -0.148. The highest BCUT2D eigenvalue weighted by atomic mass is 16.5. The van der Waals surface area contributed by atoms with Gasteiger partial charge in [0.05, 0.1) is 19.3 Å². The van der Waals surface area contributed by atoms with Crippen LogP contribution >= 0.6 is 0 Å². The largest absolute Gasteiger partial charge is 0.388 e. The third-order valence-corrected chi connectivity index (χ3v) is 3.32. The van der Waals surface area contributed by atoms with E-state index in [0.717, 1.165) is 6.42 Å². The Morgan fingerprint density at radius 2 is 1.52 bits per heavy atom. The molecule has 0 bridgehead atoms. The second kappa shape index (κ2) is 21.5. The van der Waals surface area contributed by atoms with Crippen LogP contribution in [0, 0.1) is 0 Å². The summed E-state index contributed by atoms with van der Waals surface area (Å²) in [5.74, 6) is 0.0637. The molecule has 2 aliphatic heterocycles. The van der Waals surface area contributed by atoms with E-state index in [-0.39, 0.29) is 24.1 Å². The van der Waals surface area contributed by atoms with Crippen molar-refractivity contribution in [2.45, 2.75) is 85.7 Å². The monoisotopic (exact) mass is 366 g/mol. The Kier molecular flexibility index (Phi) is 25.2. The van der Waals surface area contributed by atoms with Crippen molar-refractivity contribution < 1.29 is 28.8 Å². The van der Waals surface area contributed by atoms with Gasteiger partial charge in [-0.3, -0.25) is 4.79 Å². The number of carbonyl (C=O) groups excluding carboxylic acids is 1. The van der Waals surface area contributed by atoms with Gasteiger partial charge in [-0.05, 0) is 13.3 Å². The number of ketones is 1. The number of carbonyl (C=O) groups is 1. The molecule has 0 spiro atoms. The average molecular weight is 367 g/mol. The minimum atomic E-state index is -0.427. The minimum Gasteiger partial charge on any atom is -0.388 e. The van der Waals surface area contributed by atoms with Crippen LogP contribution in [0.25, 0.3) is 0 Å². The molecule has 6 nitrogen and oxygen atoms in total. The zero-order chi connectivity index (χ0) is 20.3. The standard InChI is InChI=1S/C7H12O3.C6H12O3.3C2H6/c1-5-7(8)6(9-2)3-4-10-5;1-8-6-2-3-9-4-5(6)7;3*1-2/h5-6H,3-4H2,1-2H3;5-7H,2-4H2,1H3;3*1-2H3/t;5-,6?;;;/m.0.../s1. The molecule has 4 atom stereocenters. The molecule has 0 aromatic carbocycles. The van der Waals surface area contributed by atoms with Crippen LogP contribution in [0.1, 0.15) is 61.3 Å². The maximum Gasteiger partial charge on any atom is 0.189 e. The fourth-order valence-corrected chi connectivity index (χ4v) is 2.05. The number of methoxy groups -OCH3 is 2. The number of ether oxygens (including phenoxy) is 4. The van der Waals surface area contributed by atoms with Gasteiger partial charge in [-0.1, -0.05) is 41.5 Å². The maximum atomic E-state index is 11.1. The van der Waals surface area contributed by atoms with Crippen molar-refractivity contribution in [3.8, 4) is 0 Å². The van der Waals surface area contributed by atoms with Crippen LogP contribution in [-0.2, 0) is 23.7 Å². The Morgan fingerprint density at radius 1 is 0.960 bits per heavy atom. The van der Waals surface area contributed by atoms with Gasteiger partial charge in [0.25, 0.3) is 0 Å². The van der Waals surface area contributed by atoms with Gasteiger partial charge >= 0.3 is 0 Å². The van der Waals surface area contributed by atoms with Crippen LogP contribution in [0.2, 0.25) is 0 Å². The van der Waals surface area contributed by atoms with E-state index in [9.17, 15) is 4.79 Å². The molecule has 1 N–H and O–H groups in total. The van der Waals surface area contributed by atoms with E-state index in [1.165, 1.54) is 0 Å². The normalized spacial score (nSPS) is 27.7. The third-order valence-electron chi connectivity index (χ3n) is 3.32. The van der Waals surface area contributed by atoms with E-state index in [2.05, 4.69) is 0 Å². The Balaban J connectivity index is -0.000000299. The van der Waals surface area contributed by atoms with E-state index < -0.39 is 6.10 Å². The fourth-order valence-electron chi connectivity index (χ4n) is 2.05. The molecule has 2 saturated heterocycles. The van der Waals surface area contributed by atoms with Gasteiger partial charge in [-0.2, -0.15) is 0 Å². The third kappa shape index (κ3) is 13.3. The van der Waals surface area contributed by atoms with E-state index in [4.69, 9.17) is 24.1 Å². The first-order valence-electron chi connectivity index (χ1n) is 9.56. The van der Waals surface area contributed by atoms with Crippen molar-refractivity contribution in [3.05, 3.63) is 0 Å². The van der Waals surface area contributed by atoms with Gasteiger partial charge in [-0.15, -0.1) is 0 Å². The quantitative estimate of drug-likeness (QED) is 0.809. The van der Waals surface area contributed by atoms with Crippen LogP contribution in [0.5, 0.6) is 0 Å². The molecule has 0 saturated carbocycles. The predicted molar refractivity (Wildman–Crippen MR) is 102 cm³/mol. The lowest BCUT2D eigenvalue weighted by Crippen LogP contribution is -2.39. The van der Waals surface area contributed by atoms with Crippen LogP contribution < -0.4 is 0 Å². The van der Waals surface area contributed by atoms with Crippen molar-refractivity contribution in [2.75, 3.05) is 34.0 Å². The minimum absolute atomic E-state index is 0.0150. The molecule has 0 aromatic heterocycles. The van der Waals surface area contributed by atoms with Crippen molar-refractivity contribution in [1.82, 2.24) is 0 Å². The summed E-state index contributed by atoms with van der Waals surface area (Å²) in [5.41, 5.74) is 0. The second-order valence-electron chi connectivity index (χ2n) is 4.63.